The molecule has 1 fully saturated rings. The normalized spacial score (nSPS) is 15.7. The van der Waals surface area contributed by atoms with Crippen molar-refractivity contribution in [3.63, 3.8) is 0 Å². The number of ether oxygens (including phenoxy) is 1. The van der Waals surface area contributed by atoms with E-state index in [1.54, 1.807) is 4.90 Å². The third-order valence-electron chi connectivity index (χ3n) is 4.27. The second-order valence-corrected chi connectivity index (χ2v) is 7.70. The first-order valence-electron chi connectivity index (χ1n) is 8.66. The predicted molar refractivity (Wildman–Crippen MR) is 117 cm³/mol. The number of thiocarbonyl (C=S) groups is 1. The van der Waals surface area contributed by atoms with Crippen molar-refractivity contribution < 1.29 is 9.53 Å². The second-order valence-electron chi connectivity index (χ2n) is 6.02. The van der Waals surface area contributed by atoms with Gasteiger partial charge in [-0.1, -0.05) is 72.5 Å². The molecule has 3 aromatic carbocycles. The van der Waals surface area contributed by atoms with E-state index in [0.29, 0.717) is 15.8 Å². The van der Waals surface area contributed by atoms with Crippen molar-refractivity contribution in [1.82, 2.24) is 0 Å². The van der Waals surface area contributed by atoms with Crippen LogP contribution in [0.1, 0.15) is 12.5 Å². The Morgan fingerprint density at radius 1 is 1.07 bits per heavy atom. The van der Waals surface area contributed by atoms with E-state index in [4.69, 9.17) is 17.0 Å². The fourth-order valence-electron chi connectivity index (χ4n) is 3.09. The Bertz CT molecular complexity index is 1070. The number of anilines is 1. The van der Waals surface area contributed by atoms with Crippen molar-refractivity contribution in [2.24, 2.45) is 0 Å². The molecule has 3 aromatic rings. The lowest BCUT2D eigenvalue weighted by molar-refractivity contribution is -0.113. The maximum absolute atomic E-state index is 13.1. The van der Waals surface area contributed by atoms with Gasteiger partial charge in [0.15, 0.2) is 4.32 Å². The largest absolute Gasteiger partial charge is 0.494 e. The Labute approximate surface area is 167 Å². The highest BCUT2D eigenvalue weighted by Crippen LogP contribution is 2.39. The van der Waals surface area contributed by atoms with Crippen LogP contribution in [0.25, 0.3) is 16.8 Å². The highest BCUT2D eigenvalue weighted by molar-refractivity contribution is 8.27. The zero-order chi connectivity index (χ0) is 18.8. The summed E-state index contributed by atoms with van der Waals surface area (Å²) >= 11 is 6.85. The Hall–Kier alpha value is -2.63. The number of fused-ring (bicyclic) bond motifs is 1. The van der Waals surface area contributed by atoms with Crippen LogP contribution in [-0.4, -0.2) is 16.8 Å². The van der Waals surface area contributed by atoms with E-state index in [0.717, 1.165) is 27.8 Å². The third-order valence-corrected chi connectivity index (χ3v) is 5.57. The van der Waals surface area contributed by atoms with Crippen LogP contribution in [0.2, 0.25) is 0 Å². The average Bonchev–Trinajstić information content (AvgIpc) is 2.95. The molecular formula is C22H17NO2S2. The standard InChI is InChI=1S/C22H17NO2S2/c1-2-25-17-10-5-7-15(13-17)14-20-21(24)23(22(26)27-20)19-12-6-9-16-8-3-4-11-18(16)19/h3-14H,2H2,1H3/b20-14+. The van der Waals surface area contributed by atoms with Gasteiger partial charge in [-0.15, -0.1) is 0 Å². The SMILES string of the molecule is CCOc1cccc(/C=C2/SC(=S)N(c3cccc4ccccc34)C2=O)c1. The fourth-order valence-corrected chi connectivity index (χ4v) is 4.38. The molecule has 1 aliphatic rings. The van der Waals surface area contributed by atoms with Gasteiger partial charge in [-0.05, 0) is 42.1 Å². The number of hydrogen-bond donors (Lipinski definition) is 0. The van der Waals surface area contributed by atoms with E-state index in [-0.39, 0.29) is 5.91 Å². The molecule has 0 atom stereocenters. The molecule has 27 heavy (non-hydrogen) atoms. The van der Waals surface area contributed by atoms with Gasteiger partial charge in [-0.2, -0.15) is 0 Å². The molecule has 1 heterocycles. The zero-order valence-electron chi connectivity index (χ0n) is 14.7. The smallest absolute Gasteiger partial charge is 0.270 e. The van der Waals surface area contributed by atoms with Gasteiger partial charge < -0.3 is 4.74 Å². The van der Waals surface area contributed by atoms with Gasteiger partial charge in [0.05, 0.1) is 17.2 Å². The molecule has 0 radical (unpaired) electrons. The first kappa shape index (κ1) is 17.8. The minimum absolute atomic E-state index is 0.0943. The lowest BCUT2D eigenvalue weighted by Gasteiger charge is -2.17. The van der Waals surface area contributed by atoms with Crippen molar-refractivity contribution >= 4 is 56.7 Å². The Balaban J connectivity index is 1.71. The van der Waals surface area contributed by atoms with E-state index < -0.39 is 0 Å². The summed E-state index contributed by atoms with van der Waals surface area (Å²) in [5.41, 5.74) is 1.74. The van der Waals surface area contributed by atoms with Crippen LogP contribution in [0.5, 0.6) is 5.75 Å². The maximum Gasteiger partial charge on any atom is 0.270 e. The van der Waals surface area contributed by atoms with Crippen molar-refractivity contribution in [1.29, 1.82) is 0 Å². The van der Waals surface area contributed by atoms with Crippen molar-refractivity contribution in [2.45, 2.75) is 6.92 Å². The van der Waals surface area contributed by atoms with Gasteiger partial charge in [0.2, 0.25) is 0 Å². The topological polar surface area (TPSA) is 29.5 Å². The van der Waals surface area contributed by atoms with Crippen LogP contribution >= 0.6 is 24.0 Å². The highest BCUT2D eigenvalue weighted by atomic mass is 32.2. The van der Waals surface area contributed by atoms with Gasteiger partial charge in [0, 0.05) is 5.39 Å². The number of benzene rings is 3. The van der Waals surface area contributed by atoms with E-state index in [2.05, 4.69) is 0 Å². The number of carbonyl (C=O) groups is 1. The molecule has 1 aliphatic heterocycles. The molecule has 0 aromatic heterocycles. The quantitative estimate of drug-likeness (QED) is 0.425. The molecule has 0 spiro atoms. The highest BCUT2D eigenvalue weighted by Gasteiger charge is 2.34. The minimum atomic E-state index is -0.0943. The summed E-state index contributed by atoms with van der Waals surface area (Å²) in [5.74, 6) is 0.693. The summed E-state index contributed by atoms with van der Waals surface area (Å²) in [6.07, 6.45) is 1.87. The summed E-state index contributed by atoms with van der Waals surface area (Å²) < 4.78 is 6.09. The number of rotatable bonds is 4. The molecule has 134 valence electrons. The fraction of sp³-hybridized carbons (Fsp3) is 0.0909. The zero-order valence-corrected chi connectivity index (χ0v) is 16.3. The molecular weight excluding hydrogens is 374 g/mol. The summed E-state index contributed by atoms with van der Waals surface area (Å²) in [6.45, 7) is 2.55. The lowest BCUT2D eigenvalue weighted by atomic mass is 10.1. The number of hydrogen-bond acceptors (Lipinski definition) is 4. The molecule has 1 saturated heterocycles. The maximum atomic E-state index is 13.1. The van der Waals surface area contributed by atoms with Crippen LogP contribution in [0.4, 0.5) is 5.69 Å². The van der Waals surface area contributed by atoms with Crippen molar-refractivity contribution in [3.05, 3.63) is 77.2 Å². The minimum Gasteiger partial charge on any atom is -0.494 e. The van der Waals surface area contributed by atoms with Crippen LogP contribution < -0.4 is 9.64 Å². The Morgan fingerprint density at radius 3 is 2.70 bits per heavy atom. The molecule has 4 rings (SSSR count). The number of nitrogens with zero attached hydrogens (tertiary/aromatic N) is 1. The summed E-state index contributed by atoms with van der Waals surface area (Å²) in [4.78, 5) is 15.3. The Kier molecular flexibility index (Phi) is 4.97. The van der Waals surface area contributed by atoms with E-state index in [9.17, 15) is 4.79 Å². The molecule has 1 amide bonds. The van der Waals surface area contributed by atoms with Crippen LogP contribution in [0.15, 0.2) is 71.6 Å². The molecule has 5 heteroatoms. The second kappa shape index (κ2) is 7.55. The molecule has 3 nitrogen and oxygen atoms in total. The van der Waals surface area contributed by atoms with Crippen LogP contribution in [0.3, 0.4) is 0 Å². The summed E-state index contributed by atoms with van der Waals surface area (Å²) in [5, 5.41) is 2.09. The van der Waals surface area contributed by atoms with E-state index in [1.807, 2.05) is 79.7 Å². The third kappa shape index (κ3) is 3.48. The summed E-state index contributed by atoms with van der Waals surface area (Å²) in [6, 6.07) is 21.6. The Morgan fingerprint density at radius 2 is 1.85 bits per heavy atom. The van der Waals surface area contributed by atoms with Gasteiger partial charge in [0.1, 0.15) is 5.75 Å². The van der Waals surface area contributed by atoms with Crippen molar-refractivity contribution in [3.8, 4) is 5.75 Å². The van der Waals surface area contributed by atoms with Gasteiger partial charge in [0.25, 0.3) is 5.91 Å². The van der Waals surface area contributed by atoms with Gasteiger partial charge >= 0.3 is 0 Å². The van der Waals surface area contributed by atoms with Crippen LogP contribution in [-0.2, 0) is 4.79 Å². The first-order valence-corrected chi connectivity index (χ1v) is 9.88. The van der Waals surface area contributed by atoms with E-state index in [1.165, 1.54) is 11.8 Å². The number of carbonyl (C=O) groups excluding carboxylic acids is 1. The van der Waals surface area contributed by atoms with Gasteiger partial charge in [-0.25, -0.2) is 0 Å². The molecule has 0 bridgehead atoms. The molecule has 0 saturated carbocycles. The summed E-state index contributed by atoms with van der Waals surface area (Å²) in [7, 11) is 0. The molecule has 0 N–H and O–H groups in total. The monoisotopic (exact) mass is 391 g/mol. The number of thioether (sulfide) groups is 1. The van der Waals surface area contributed by atoms with Crippen molar-refractivity contribution in [2.75, 3.05) is 11.5 Å². The lowest BCUT2D eigenvalue weighted by Crippen LogP contribution is -2.27. The molecule has 0 aliphatic carbocycles. The van der Waals surface area contributed by atoms with Gasteiger partial charge in [-0.3, -0.25) is 9.69 Å². The van der Waals surface area contributed by atoms with Crippen LogP contribution in [0, 0.1) is 0 Å². The van der Waals surface area contributed by atoms with E-state index >= 15 is 0 Å². The average molecular weight is 392 g/mol. The first-order chi connectivity index (χ1) is 13.2. The predicted octanol–water partition coefficient (Wildman–Crippen LogP) is 5.64. The molecule has 0 unspecified atom stereocenters. The number of amides is 1.